The zero-order valence-corrected chi connectivity index (χ0v) is 17.1. The molecule has 0 unspecified atom stereocenters. The quantitative estimate of drug-likeness (QED) is 0.184. The molecule has 0 amide bonds. The second kappa shape index (κ2) is 10.1. The lowest BCUT2D eigenvalue weighted by atomic mass is 9.99. The van der Waals surface area contributed by atoms with Crippen molar-refractivity contribution in [1.29, 1.82) is 0 Å². The van der Waals surface area contributed by atoms with Crippen LogP contribution in [0.15, 0.2) is 30.3 Å². The van der Waals surface area contributed by atoms with E-state index < -0.39 is 60.5 Å². The zero-order chi connectivity index (χ0) is 24.3. The van der Waals surface area contributed by atoms with Gasteiger partial charge < -0.3 is 55.1 Å². The number of aromatic hydroxyl groups is 4. The maximum Gasteiger partial charge on any atom is 0.338 e. The van der Waals surface area contributed by atoms with Crippen LogP contribution in [-0.2, 0) is 15.9 Å². The van der Waals surface area contributed by atoms with Gasteiger partial charge in [-0.05, 0) is 36.2 Å². The number of phenols is 4. The third kappa shape index (κ3) is 5.38. The normalized spacial score (nSPS) is 24.9. The molecule has 3 rings (SSSR count). The molecule has 1 fully saturated rings. The number of hydrogen-bond acceptors (Lipinski definition) is 12. The Kier molecular flexibility index (Phi) is 7.46. The summed E-state index contributed by atoms with van der Waals surface area (Å²) in [5.41, 5.74) is 0.300. The number of aliphatic hydroxyl groups excluding tert-OH is 4. The van der Waals surface area contributed by atoms with Gasteiger partial charge in [-0.15, -0.1) is 0 Å². The lowest BCUT2D eigenvalue weighted by Gasteiger charge is -2.40. The molecule has 2 aromatic rings. The summed E-state index contributed by atoms with van der Waals surface area (Å²) in [4.78, 5) is 12.2. The molecular formula is C21H24O12. The van der Waals surface area contributed by atoms with Gasteiger partial charge in [0.15, 0.2) is 28.7 Å². The summed E-state index contributed by atoms with van der Waals surface area (Å²) < 4.78 is 15.9. The summed E-state index contributed by atoms with van der Waals surface area (Å²) in [6.07, 6.45) is -7.81. The number of ether oxygens (including phenoxy) is 3. The highest BCUT2D eigenvalue weighted by Crippen LogP contribution is 2.36. The highest BCUT2D eigenvalue weighted by molar-refractivity contribution is 5.91. The van der Waals surface area contributed by atoms with Gasteiger partial charge in [-0.25, -0.2) is 4.79 Å². The highest BCUT2D eigenvalue weighted by atomic mass is 16.7. The van der Waals surface area contributed by atoms with Gasteiger partial charge in [0.1, 0.15) is 31.0 Å². The third-order valence-corrected chi connectivity index (χ3v) is 5.02. The Morgan fingerprint density at radius 2 is 1.58 bits per heavy atom. The fourth-order valence-corrected chi connectivity index (χ4v) is 3.18. The lowest BCUT2D eigenvalue weighted by Crippen LogP contribution is -2.60. The van der Waals surface area contributed by atoms with Crippen molar-refractivity contribution >= 4 is 5.97 Å². The van der Waals surface area contributed by atoms with Crippen LogP contribution in [-0.4, -0.2) is 90.7 Å². The topological polar surface area (TPSA) is 207 Å². The van der Waals surface area contributed by atoms with Gasteiger partial charge in [0.2, 0.25) is 6.29 Å². The van der Waals surface area contributed by atoms with Crippen LogP contribution in [0.5, 0.6) is 28.7 Å². The Hall–Kier alpha value is -3.29. The first-order valence-electron chi connectivity index (χ1n) is 9.83. The van der Waals surface area contributed by atoms with Crippen molar-refractivity contribution in [2.45, 2.75) is 37.1 Å². The third-order valence-electron chi connectivity index (χ3n) is 5.02. The number of benzene rings is 2. The Bertz CT molecular complexity index is 970. The minimum atomic E-state index is -1.75. The van der Waals surface area contributed by atoms with E-state index >= 15 is 0 Å². The molecule has 0 aromatic heterocycles. The van der Waals surface area contributed by atoms with E-state index in [-0.39, 0.29) is 30.1 Å². The van der Waals surface area contributed by atoms with E-state index in [0.717, 1.165) is 12.1 Å². The SMILES string of the molecule is O=C(OC[C@H]1O[C@@H](Oc2cc(CCO)ccc2O)[C@H](O)[C@@H](O)[C@@H]1O)c1cc(O)c(O)c(O)c1. The van der Waals surface area contributed by atoms with Gasteiger partial charge in [-0.1, -0.05) is 6.07 Å². The molecule has 0 spiro atoms. The molecule has 1 aliphatic heterocycles. The minimum Gasteiger partial charge on any atom is -0.504 e. The average Bonchev–Trinajstić information content (AvgIpc) is 2.78. The Morgan fingerprint density at radius 3 is 2.21 bits per heavy atom. The molecule has 1 saturated heterocycles. The van der Waals surface area contributed by atoms with E-state index in [4.69, 9.17) is 19.3 Å². The van der Waals surface area contributed by atoms with Crippen LogP contribution in [0, 0.1) is 0 Å². The fourth-order valence-electron chi connectivity index (χ4n) is 3.18. The van der Waals surface area contributed by atoms with Crippen LogP contribution in [0.3, 0.4) is 0 Å². The molecule has 0 radical (unpaired) electrons. The van der Waals surface area contributed by atoms with Crippen molar-refractivity contribution in [2.24, 2.45) is 0 Å². The number of carbonyl (C=O) groups is 1. The molecule has 0 bridgehead atoms. The van der Waals surface area contributed by atoms with Crippen LogP contribution in [0.2, 0.25) is 0 Å². The predicted molar refractivity (Wildman–Crippen MR) is 108 cm³/mol. The smallest absolute Gasteiger partial charge is 0.338 e. The molecule has 12 heteroatoms. The summed E-state index contributed by atoms with van der Waals surface area (Å²) in [5, 5.41) is 78.0. The van der Waals surface area contributed by atoms with E-state index in [9.17, 15) is 40.5 Å². The second-order valence-electron chi connectivity index (χ2n) is 7.37. The maximum atomic E-state index is 12.2. The van der Waals surface area contributed by atoms with Crippen molar-refractivity contribution in [2.75, 3.05) is 13.2 Å². The molecule has 0 saturated carbocycles. The monoisotopic (exact) mass is 468 g/mol. The number of rotatable bonds is 7. The number of phenolic OH excluding ortho intramolecular Hbond substituents is 4. The highest BCUT2D eigenvalue weighted by Gasteiger charge is 2.45. The standard InChI is InChI=1S/C21H24O12/c22-4-3-9-1-2-11(23)14(5-9)32-21-19(29)18(28)17(27)15(33-21)8-31-20(30)10-6-12(24)16(26)13(25)7-10/h1-2,5-7,15,17-19,21-29H,3-4,8H2/t15-,17-,18+,19-,21-/m1/s1. The van der Waals surface area contributed by atoms with Crippen molar-refractivity contribution in [3.05, 3.63) is 41.5 Å². The number of carbonyl (C=O) groups excluding carboxylic acids is 1. The molecule has 1 heterocycles. The number of esters is 1. The first kappa shape index (κ1) is 24.4. The average molecular weight is 468 g/mol. The zero-order valence-electron chi connectivity index (χ0n) is 17.1. The van der Waals surface area contributed by atoms with E-state index in [2.05, 4.69) is 0 Å². The number of aliphatic hydroxyl groups is 4. The van der Waals surface area contributed by atoms with Gasteiger partial charge in [0.25, 0.3) is 0 Å². The lowest BCUT2D eigenvalue weighted by molar-refractivity contribution is -0.277. The summed E-state index contributed by atoms with van der Waals surface area (Å²) in [7, 11) is 0. The summed E-state index contributed by atoms with van der Waals surface area (Å²) in [5.74, 6) is -3.80. The van der Waals surface area contributed by atoms with Gasteiger partial charge in [0.05, 0.1) is 5.56 Å². The van der Waals surface area contributed by atoms with Crippen molar-refractivity contribution in [3.8, 4) is 28.7 Å². The van der Waals surface area contributed by atoms with Gasteiger partial charge in [-0.3, -0.25) is 0 Å². The van der Waals surface area contributed by atoms with Gasteiger partial charge in [0, 0.05) is 6.61 Å². The van der Waals surface area contributed by atoms with Gasteiger partial charge >= 0.3 is 5.97 Å². The fraction of sp³-hybridized carbons (Fsp3) is 0.381. The van der Waals surface area contributed by atoms with Crippen molar-refractivity contribution in [3.63, 3.8) is 0 Å². The molecule has 1 aliphatic rings. The number of hydrogen-bond donors (Lipinski definition) is 8. The Balaban J connectivity index is 1.70. The molecule has 5 atom stereocenters. The van der Waals surface area contributed by atoms with Crippen LogP contribution in [0.4, 0.5) is 0 Å². The van der Waals surface area contributed by atoms with Gasteiger partial charge in [-0.2, -0.15) is 0 Å². The molecule has 2 aromatic carbocycles. The van der Waals surface area contributed by atoms with E-state index in [0.29, 0.717) is 5.56 Å². The van der Waals surface area contributed by atoms with E-state index in [1.165, 1.54) is 12.1 Å². The van der Waals surface area contributed by atoms with Crippen LogP contribution in [0.1, 0.15) is 15.9 Å². The maximum absolute atomic E-state index is 12.2. The summed E-state index contributed by atoms with van der Waals surface area (Å²) >= 11 is 0. The van der Waals surface area contributed by atoms with Crippen LogP contribution < -0.4 is 4.74 Å². The predicted octanol–water partition coefficient (Wildman–Crippen LogP) is -0.913. The molecule has 33 heavy (non-hydrogen) atoms. The summed E-state index contributed by atoms with van der Waals surface area (Å²) in [6.45, 7) is -0.774. The Morgan fingerprint density at radius 1 is 0.909 bits per heavy atom. The largest absolute Gasteiger partial charge is 0.504 e. The van der Waals surface area contributed by atoms with E-state index in [1.54, 1.807) is 6.07 Å². The first-order valence-corrected chi connectivity index (χ1v) is 9.83. The molecule has 12 nitrogen and oxygen atoms in total. The van der Waals surface area contributed by atoms with E-state index in [1.807, 2.05) is 0 Å². The molecular weight excluding hydrogens is 444 g/mol. The molecule has 8 N–H and O–H groups in total. The first-order chi connectivity index (χ1) is 15.6. The van der Waals surface area contributed by atoms with Crippen LogP contribution in [0.25, 0.3) is 0 Å². The summed E-state index contributed by atoms with van der Waals surface area (Å²) in [6, 6.07) is 5.96. The van der Waals surface area contributed by atoms with Crippen molar-refractivity contribution < 1.29 is 59.9 Å². The van der Waals surface area contributed by atoms with Crippen molar-refractivity contribution in [1.82, 2.24) is 0 Å². The molecule has 0 aliphatic carbocycles. The minimum absolute atomic E-state index is 0.112. The molecule has 180 valence electrons. The Labute approximate surface area is 187 Å². The second-order valence-corrected chi connectivity index (χ2v) is 7.37. The van der Waals surface area contributed by atoms with Crippen LogP contribution >= 0.6 is 0 Å².